The minimum absolute atomic E-state index is 0.303. The minimum atomic E-state index is -1.27. The molecule has 0 unspecified atom stereocenters. The third-order valence-corrected chi connectivity index (χ3v) is 0.850. The summed E-state index contributed by atoms with van der Waals surface area (Å²) in [4.78, 5) is 19.7. The van der Waals surface area contributed by atoms with Gasteiger partial charge in [0, 0.05) is 17.7 Å². The molecule has 0 spiro atoms. The Morgan fingerprint density at radius 1 is 1.12 bits per heavy atom. The second kappa shape index (κ2) is 15.6. The fraction of sp³-hybridized carbons (Fsp3) is 0.0909. The van der Waals surface area contributed by atoms with Gasteiger partial charge < -0.3 is 10.2 Å². The zero-order chi connectivity index (χ0) is 14.3. The van der Waals surface area contributed by atoms with Gasteiger partial charge in [-0.3, -0.25) is 4.79 Å². The highest BCUT2D eigenvalue weighted by Gasteiger charge is 2.07. The van der Waals surface area contributed by atoms with Gasteiger partial charge in [0.15, 0.2) is 0 Å². The van der Waals surface area contributed by atoms with Crippen LogP contribution < -0.4 is 0 Å². The number of allylic oxidation sites excluding steroid dienone is 2. The van der Waals surface area contributed by atoms with Gasteiger partial charge in [-0.05, 0) is 0 Å². The molecule has 0 rings (SSSR count). The normalized spacial score (nSPS) is 6.24. The summed E-state index contributed by atoms with van der Waals surface area (Å²) < 4.78 is 0. The molecular weight excluding hydrogens is 224 g/mol. The summed E-state index contributed by atoms with van der Waals surface area (Å²) in [6.07, 6.45) is 1.86. The second-order valence-corrected chi connectivity index (χ2v) is 2.15. The van der Waals surface area contributed by atoms with E-state index in [0.29, 0.717) is 0 Å². The van der Waals surface area contributed by atoms with E-state index in [0.717, 1.165) is 0 Å². The maximum atomic E-state index is 9.87. The molecule has 6 heteroatoms. The van der Waals surface area contributed by atoms with E-state index in [1.165, 1.54) is 12.2 Å². The summed E-state index contributed by atoms with van der Waals surface area (Å²) in [5, 5.41) is 31.1. The van der Waals surface area contributed by atoms with E-state index >= 15 is 0 Å². The number of nitriles is 2. The van der Waals surface area contributed by atoms with Crippen LogP contribution in [0.2, 0.25) is 0 Å². The monoisotopic (exact) mass is 236 g/mol. The first-order chi connectivity index (χ1) is 7.87. The highest BCUT2D eigenvalue weighted by molar-refractivity contribution is 5.91. The van der Waals surface area contributed by atoms with Crippen molar-refractivity contribution in [3.8, 4) is 12.1 Å². The third kappa shape index (κ3) is 32.0. The predicted molar refractivity (Wildman–Crippen MR) is 60.6 cm³/mol. The Morgan fingerprint density at radius 2 is 1.41 bits per heavy atom. The van der Waals surface area contributed by atoms with Crippen LogP contribution in [0.3, 0.4) is 0 Å². The molecule has 0 aliphatic carbocycles. The maximum absolute atomic E-state index is 9.87. The van der Waals surface area contributed by atoms with Gasteiger partial charge in [-0.2, -0.15) is 10.5 Å². The highest BCUT2D eigenvalue weighted by Crippen LogP contribution is 1.95. The quantitative estimate of drug-likeness (QED) is 0.565. The predicted octanol–water partition coefficient (Wildman–Crippen LogP) is 1.49. The summed E-state index contributed by atoms with van der Waals surface area (Å²) >= 11 is 0. The molecule has 6 nitrogen and oxygen atoms in total. The SMILES string of the molecule is C=C(CC(=O)O)C(=O)O.C=CC#N.C=CC#N. The highest BCUT2D eigenvalue weighted by atomic mass is 16.4. The minimum Gasteiger partial charge on any atom is -0.481 e. The van der Waals surface area contributed by atoms with E-state index in [1.807, 2.05) is 0 Å². The van der Waals surface area contributed by atoms with Crippen molar-refractivity contribution in [1.29, 1.82) is 10.5 Å². The first kappa shape index (κ1) is 19.7. The number of carboxylic acid groups (broad SMARTS) is 2. The molecule has 0 fully saturated rings. The summed E-state index contributed by atoms with van der Waals surface area (Å²) in [6, 6.07) is 3.39. The zero-order valence-electron chi connectivity index (χ0n) is 9.09. The molecular formula is C11H12N2O4. The second-order valence-electron chi connectivity index (χ2n) is 2.15. The number of rotatable bonds is 3. The zero-order valence-corrected chi connectivity index (χ0v) is 9.09. The molecule has 0 aromatic rings. The van der Waals surface area contributed by atoms with Crippen molar-refractivity contribution in [3.05, 3.63) is 37.5 Å². The van der Waals surface area contributed by atoms with E-state index < -0.39 is 18.4 Å². The third-order valence-electron chi connectivity index (χ3n) is 0.850. The Kier molecular flexibility index (Phi) is 18.1. The number of nitrogens with zero attached hydrogens (tertiary/aromatic N) is 2. The molecule has 0 bridgehead atoms. The molecule has 0 heterocycles. The molecule has 90 valence electrons. The van der Waals surface area contributed by atoms with Crippen LogP contribution in [0.4, 0.5) is 0 Å². The van der Waals surface area contributed by atoms with Gasteiger partial charge in [-0.1, -0.05) is 19.7 Å². The molecule has 0 aromatic heterocycles. The van der Waals surface area contributed by atoms with Crippen molar-refractivity contribution in [2.24, 2.45) is 0 Å². The van der Waals surface area contributed by atoms with Crippen LogP contribution in [0.5, 0.6) is 0 Å². The lowest BCUT2D eigenvalue weighted by atomic mass is 10.2. The Balaban J connectivity index is -0.000000205. The maximum Gasteiger partial charge on any atom is 0.331 e. The number of carboxylic acids is 2. The van der Waals surface area contributed by atoms with Crippen LogP contribution in [0.1, 0.15) is 6.42 Å². The van der Waals surface area contributed by atoms with Gasteiger partial charge in [0.05, 0.1) is 18.6 Å². The Labute approximate surface area is 99.0 Å². The van der Waals surface area contributed by atoms with Crippen molar-refractivity contribution >= 4 is 11.9 Å². The number of hydrogen-bond donors (Lipinski definition) is 2. The molecule has 17 heavy (non-hydrogen) atoms. The van der Waals surface area contributed by atoms with Crippen LogP contribution in [-0.2, 0) is 9.59 Å². The Bertz CT molecular complexity index is 354. The van der Waals surface area contributed by atoms with E-state index in [4.69, 9.17) is 20.7 Å². The van der Waals surface area contributed by atoms with Crippen LogP contribution in [-0.4, -0.2) is 22.2 Å². The van der Waals surface area contributed by atoms with Crippen LogP contribution in [0.15, 0.2) is 37.5 Å². The van der Waals surface area contributed by atoms with E-state index in [9.17, 15) is 9.59 Å². The first-order valence-corrected chi connectivity index (χ1v) is 4.01. The van der Waals surface area contributed by atoms with Crippen LogP contribution in [0.25, 0.3) is 0 Å². The van der Waals surface area contributed by atoms with Gasteiger partial charge in [0.1, 0.15) is 0 Å². The number of carbonyl (C=O) groups is 2. The van der Waals surface area contributed by atoms with E-state index in [2.05, 4.69) is 19.7 Å². The number of hydrogen-bond acceptors (Lipinski definition) is 4. The average molecular weight is 236 g/mol. The van der Waals surface area contributed by atoms with Crippen LogP contribution >= 0.6 is 0 Å². The molecule has 0 aromatic carbocycles. The molecule has 2 N–H and O–H groups in total. The fourth-order valence-corrected chi connectivity index (χ4v) is 0.258. The van der Waals surface area contributed by atoms with Gasteiger partial charge >= 0.3 is 11.9 Å². The average Bonchev–Trinajstić information content (AvgIpc) is 2.28. The Morgan fingerprint density at radius 3 is 1.47 bits per heavy atom. The molecule has 0 aliphatic rings. The summed E-state index contributed by atoms with van der Waals surface area (Å²) in [5.41, 5.74) is -0.303. The lowest BCUT2D eigenvalue weighted by Gasteiger charge is -1.91. The van der Waals surface area contributed by atoms with Gasteiger partial charge in [-0.25, -0.2) is 4.79 Å². The molecule has 0 atom stereocenters. The molecule has 0 saturated heterocycles. The lowest BCUT2D eigenvalue weighted by molar-refractivity contribution is -0.139. The summed E-state index contributed by atoms with van der Waals surface area (Å²) in [6.45, 7) is 9.25. The number of aliphatic carboxylic acids is 2. The van der Waals surface area contributed by atoms with Crippen molar-refractivity contribution < 1.29 is 19.8 Å². The first-order valence-electron chi connectivity index (χ1n) is 4.01. The smallest absolute Gasteiger partial charge is 0.331 e. The topological polar surface area (TPSA) is 122 Å². The van der Waals surface area contributed by atoms with Crippen LogP contribution in [0, 0.1) is 22.7 Å². The molecule has 0 amide bonds. The summed E-state index contributed by atoms with van der Waals surface area (Å²) in [5.74, 6) is -2.44. The van der Waals surface area contributed by atoms with Gasteiger partial charge in [0.25, 0.3) is 0 Å². The Hall–Kier alpha value is -2.86. The molecule has 0 aliphatic heterocycles. The van der Waals surface area contributed by atoms with Gasteiger partial charge in [-0.15, -0.1) is 0 Å². The standard InChI is InChI=1S/C5H6O4.2C3H3N/c1-3(5(8)9)2-4(6)7;2*1-2-3-4/h1-2H2,(H,6,7)(H,8,9);2*2H,1H2. The van der Waals surface area contributed by atoms with E-state index in [1.54, 1.807) is 12.1 Å². The van der Waals surface area contributed by atoms with Gasteiger partial charge in [0.2, 0.25) is 0 Å². The molecule has 0 radical (unpaired) electrons. The van der Waals surface area contributed by atoms with Crippen molar-refractivity contribution in [2.45, 2.75) is 6.42 Å². The van der Waals surface area contributed by atoms with Crippen molar-refractivity contribution in [2.75, 3.05) is 0 Å². The summed E-state index contributed by atoms with van der Waals surface area (Å²) in [7, 11) is 0. The molecule has 0 saturated carbocycles. The largest absolute Gasteiger partial charge is 0.481 e. The fourth-order valence-electron chi connectivity index (χ4n) is 0.258. The lowest BCUT2D eigenvalue weighted by Crippen LogP contribution is -2.04. The van der Waals surface area contributed by atoms with E-state index in [-0.39, 0.29) is 5.57 Å². The van der Waals surface area contributed by atoms with Crippen molar-refractivity contribution in [3.63, 3.8) is 0 Å². The van der Waals surface area contributed by atoms with Crippen molar-refractivity contribution in [1.82, 2.24) is 0 Å².